The summed E-state index contributed by atoms with van der Waals surface area (Å²) in [5.41, 5.74) is 19.4. The summed E-state index contributed by atoms with van der Waals surface area (Å²) >= 11 is 0. The van der Waals surface area contributed by atoms with Crippen molar-refractivity contribution in [2.24, 2.45) is 0 Å². The topological polar surface area (TPSA) is 160 Å². The van der Waals surface area contributed by atoms with E-state index in [0.29, 0.717) is 57.2 Å². The molecule has 0 bridgehead atoms. The Labute approximate surface area is 541 Å². The Morgan fingerprint density at radius 3 is 1.12 bits per heavy atom. The predicted molar refractivity (Wildman–Crippen MR) is 374 cm³/mol. The summed E-state index contributed by atoms with van der Waals surface area (Å²) in [5, 5.41) is 33.6. The second kappa shape index (κ2) is 22.6. The average molecular weight is 1200 g/mol. The summed E-state index contributed by atoms with van der Waals surface area (Å²) < 4.78 is 2.24. The van der Waals surface area contributed by atoms with Gasteiger partial charge in [-0.2, -0.15) is 15.8 Å². The summed E-state index contributed by atoms with van der Waals surface area (Å²) in [4.78, 5) is 35.7. The van der Waals surface area contributed by atoms with Crippen LogP contribution in [0.25, 0.3) is 107 Å². The molecule has 434 valence electrons. The van der Waals surface area contributed by atoms with Gasteiger partial charge in [0.1, 0.15) is 0 Å². The fraction of sp³-hybridized carbons (Fsp3) is 0. The van der Waals surface area contributed by atoms with E-state index in [1.807, 2.05) is 176 Å². The lowest BCUT2D eigenvalue weighted by atomic mass is 9.33. The minimum atomic E-state index is -0.337. The van der Waals surface area contributed by atoms with Gasteiger partial charge in [-0.15, -0.1) is 0 Å². The molecule has 0 saturated heterocycles. The highest BCUT2D eigenvalue weighted by atomic mass is 15.2. The molecule has 0 saturated carbocycles. The number of fused-ring (bicyclic) bond motifs is 7. The van der Waals surface area contributed by atoms with E-state index >= 15 is 0 Å². The second-order valence-electron chi connectivity index (χ2n) is 23.2. The van der Waals surface area contributed by atoms with E-state index in [9.17, 15) is 15.8 Å². The van der Waals surface area contributed by atoms with Crippen LogP contribution in [-0.2, 0) is 0 Å². The number of benzene rings is 12. The summed E-state index contributed by atoms with van der Waals surface area (Å²) in [7, 11) is 0. The molecular formula is C81H47BN12. The van der Waals surface area contributed by atoms with Crippen molar-refractivity contribution in [1.29, 1.82) is 15.8 Å². The van der Waals surface area contributed by atoms with E-state index < -0.39 is 0 Å². The Morgan fingerprint density at radius 1 is 0.277 bits per heavy atom. The lowest BCUT2D eigenvalue weighted by molar-refractivity contribution is 1.06. The van der Waals surface area contributed by atoms with Crippen molar-refractivity contribution < 1.29 is 0 Å². The normalized spacial score (nSPS) is 11.9. The first-order chi connectivity index (χ1) is 46.4. The molecule has 0 spiro atoms. The monoisotopic (exact) mass is 1200 g/mol. The Morgan fingerprint density at radius 2 is 0.670 bits per heavy atom. The molecule has 94 heavy (non-hydrogen) atoms. The SMILES string of the molecule is N#Cc1ccc2c(c1)B1c3cc(C#N)ccc3N(c3ccccc3)c3cc(-c4ccc5c(c4)c4ccc(-c6nc(-c7ccccc7)nc(-c7ccccc7)n6)cc4n5-c4ccc(C#N)cc4-c4nc(-c5ccccc5)nc(-c5ccccc5)n4)cc(c31)N2c1ccccc1. The standard InChI is InChI=1S/C81H47BN12/c83-48-51-31-37-69(65(41-51)81-90-78(56-23-11-3-12-24-56)87-79(91-81)57-25-13-4-14-26-57)94-68-40-35-58(44-64(68)63-36-34-59(45-72(63)94)80-88-76(54-19-7-1-8-20-54)86-77(89-80)55-21-9-2-10-22-55)60-46-73-75-74(47-60)93(62-29-17-6-18-30-62)71-39-33-53(50-85)43-67(71)82(75)66-42-52(49-84)32-38-70(66)92(73)61-27-15-5-16-28-61/h1-47H. The van der Waals surface area contributed by atoms with Crippen LogP contribution in [0.1, 0.15) is 16.7 Å². The molecule has 2 aliphatic heterocycles. The van der Waals surface area contributed by atoms with E-state index in [4.69, 9.17) is 29.9 Å². The van der Waals surface area contributed by atoms with Gasteiger partial charge < -0.3 is 14.4 Å². The zero-order valence-corrected chi connectivity index (χ0v) is 50.1. The molecule has 12 nitrogen and oxygen atoms in total. The number of para-hydroxylation sites is 2. The number of nitriles is 3. The van der Waals surface area contributed by atoms with Gasteiger partial charge in [0.2, 0.25) is 0 Å². The minimum absolute atomic E-state index is 0.337. The molecular weight excluding hydrogens is 1150 g/mol. The van der Waals surface area contributed by atoms with Crippen LogP contribution in [0, 0.1) is 34.0 Å². The molecule has 17 rings (SSSR count). The Bertz CT molecular complexity index is 5420. The maximum atomic E-state index is 10.7. The molecule has 0 amide bonds. The highest BCUT2D eigenvalue weighted by Gasteiger charge is 2.44. The van der Waals surface area contributed by atoms with Crippen molar-refractivity contribution in [3.8, 4) is 103 Å². The van der Waals surface area contributed by atoms with Gasteiger partial charge in [0, 0.05) is 78.3 Å². The predicted octanol–water partition coefficient (Wildman–Crippen LogP) is 16.5. The zero-order valence-electron chi connectivity index (χ0n) is 50.1. The molecule has 5 heterocycles. The van der Waals surface area contributed by atoms with Crippen molar-refractivity contribution >= 4 is 79.0 Å². The van der Waals surface area contributed by atoms with E-state index in [2.05, 4.69) is 142 Å². The number of hydrogen-bond donors (Lipinski definition) is 0. The van der Waals surface area contributed by atoms with Crippen LogP contribution >= 0.6 is 0 Å². The van der Waals surface area contributed by atoms with Crippen molar-refractivity contribution in [1.82, 2.24) is 34.5 Å². The third kappa shape index (κ3) is 9.30. The first-order valence-electron chi connectivity index (χ1n) is 30.8. The van der Waals surface area contributed by atoms with Crippen LogP contribution in [0.2, 0.25) is 0 Å². The fourth-order valence-corrected chi connectivity index (χ4v) is 13.5. The van der Waals surface area contributed by atoms with Crippen LogP contribution in [-0.4, -0.2) is 41.2 Å². The first kappa shape index (κ1) is 54.7. The molecule has 2 aliphatic rings. The van der Waals surface area contributed by atoms with Gasteiger partial charge >= 0.3 is 0 Å². The van der Waals surface area contributed by atoms with Crippen molar-refractivity contribution in [3.05, 3.63) is 302 Å². The van der Waals surface area contributed by atoms with Gasteiger partial charge in [0.15, 0.2) is 34.9 Å². The van der Waals surface area contributed by atoms with Gasteiger partial charge in [0.25, 0.3) is 6.71 Å². The van der Waals surface area contributed by atoms with Gasteiger partial charge in [-0.3, -0.25) is 0 Å². The van der Waals surface area contributed by atoms with Crippen LogP contribution < -0.4 is 26.2 Å². The smallest absolute Gasteiger partial charge is 0.252 e. The Balaban J connectivity index is 0.937. The fourth-order valence-electron chi connectivity index (χ4n) is 13.5. The molecule has 0 atom stereocenters. The molecule has 0 unspecified atom stereocenters. The molecule has 0 aliphatic carbocycles. The minimum Gasteiger partial charge on any atom is -0.311 e. The lowest BCUT2D eigenvalue weighted by Crippen LogP contribution is -2.61. The molecule has 0 N–H and O–H groups in total. The highest BCUT2D eigenvalue weighted by Crippen LogP contribution is 2.48. The Kier molecular flexibility index (Phi) is 13.1. The molecule has 3 aromatic heterocycles. The van der Waals surface area contributed by atoms with E-state index in [0.717, 1.165) is 117 Å². The van der Waals surface area contributed by atoms with E-state index in [1.54, 1.807) is 0 Å². The molecule has 15 aromatic rings. The van der Waals surface area contributed by atoms with Crippen LogP contribution in [0.3, 0.4) is 0 Å². The van der Waals surface area contributed by atoms with Crippen LogP contribution in [0.5, 0.6) is 0 Å². The van der Waals surface area contributed by atoms with Crippen LogP contribution in [0.4, 0.5) is 34.1 Å². The van der Waals surface area contributed by atoms with E-state index in [1.165, 1.54) is 0 Å². The van der Waals surface area contributed by atoms with Crippen molar-refractivity contribution in [3.63, 3.8) is 0 Å². The largest absolute Gasteiger partial charge is 0.311 e. The third-order valence-corrected chi connectivity index (χ3v) is 17.7. The number of hydrogen-bond acceptors (Lipinski definition) is 11. The zero-order chi connectivity index (χ0) is 62.8. The summed E-state index contributed by atoms with van der Waals surface area (Å²) in [5.74, 6) is 2.95. The Hall–Kier alpha value is -13.4. The number of rotatable bonds is 10. The summed E-state index contributed by atoms with van der Waals surface area (Å²) in [6.07, 6.45) is 0. The van der Waals surface area contributed by atoms with E-state index in [-0.39, 0.29) is 6.71 Å². The maximum absolute atomic E-state index is 10.7. The van der Waals surface area contributed by atoms with Crippen LogP contribution in [0.15, 0.2) is 285 Å². The number of anilines is 6. The third-order valence-electron chi connectivity index (χ3n) is 17.7. The molecule has 12 aromatic carbocycles. The summed E-state index contributed by atoms with van der Waals surface area (Å²) in [6.45, 7) is -0.337. The second-order valence-corrected chi connectivity index (χ2v) is 23.2. The molecule has 0 fully saturated rings. The van der Waals surface area contributed by atoms with Gasteiger partial charge in [-0.05, 0) is 137 Å². The highest BCUT2D eigenvalue weighted by molar-refractivity contribution is 7.00. The molecule has 0 radical (unpaired) electrons. The number of nitrogens with zero attached hydrogens (tertiary/aromatic N) is 12. The van der Waals surface area contributed by atoms with Gasteiger partial charge in [-0.1, -0.05) is 176 Å². The van der Waals surface area contributed by atoms with Crippen molar-refractivity contribution in [2.45, 2.75) is 0 Å². The summed E-state index contributed by atoms with van der Waals surface area (Å²) in [6, 6.07) is 103. The van der Waals surface area contributed by atoms with Gasteiger partial charge in [-0.25, -0.2) is 29.9 Å². The first-order valence-corrected chi connectivity index (χ1v) is 30.8. The average Bonchev–Trinajstić information content (AvgIpc) is 0.768. The van der Waals surface area contributed by atoms with Crippen molar-refractivity contribution in [2.75, 3.05) is 9.80 Å². The lowest BCUT2D eigenvalue weighted by Gasteiger charge is -2.44. The number of aromatic nitrogens is 7. The quantitative estimate of drug-likeness (QED) is 0.120. The maximum Gasteiger partial charge on any atom is 0.252 e. The van der Waals surface area contributed by atoms with Gasteiger partial charge in [0.05, 0.1) is 51.6 Å². The molecule has 13 heteroatoms.